The van der Waals surface area contributed by atoms with E-state index >= 15 is 0 Å². The molecule has 1 aromatic heterocycles. The summed E-state index contributed by atoms with van der Waals surface area (Å²) in [6, 6.07) is 11.3. The standard InChI is InChI=1S/C19H18ClN3O4S/c1-11-16-10-12(20)2-9-17(16)27-18(11)19(24)22-21-13-5-7-15(8-6-13)28(25,26)23-14-3-4-14/h2,5-10,14,21,23H,3-4H2,1H3,(H,22,24). The molecule has 1 heterocycles. The Bertz CT molecular complexity index is 1150. The average Bonchev–Trinajstić information content (AvgIpc) is 3.42. The number of benzene rings is 2. The van der Waals surface area contributed by atoms with Crippen molar-refractivity contribution in [1.29, 1.82) is 0 Å². The van der Waals surface area contributed by atoms with Crippen LogP contribution in [0.3, 0.4) is 0 Å². The number of nitrogens with one attached hydrogen (secondary N) is 3. The maximum atomic E-state index is 12.4. The van der Waals surface area contributed by atoms with E-state index in [-0.39, 0.29) is 16.7 Å². The Labute approximate surface area is 167 Å². The number of hydrogen-bond acceptors (Lipinski definition) is 5. The summed E-state index contributed by atoms with van der Waals surface area (Å²) in [6.07, 6.45) is 1.75. The Morgan fingerprint density at radius 3 is 2.54 bits per heavy atom. The summed E-state index contributed by atoms with van der Waals surface area (Å²) in [7, 11) is -3.50. The molecule has 3 N–H and O–H groups in total. The summed E-state index contributed by atoms with van der Waals surface area (Å²) in [5, 5.41) is 1.34. The number of carbonyl (C=O) groups excluding carboxylic acids is 1. The SMILES string of the molecule is Cc1c(C(=O)NNc2ccc(S(=O)(=O)NC3CC3)cc2)oc2ccc(Cl)cc12. The Morgan fingerprint density at radius 1 is 1.14 bits per heavy atom. The molecule has 3 aromatic rings. The van der Waals surface area contributed by atoms with Crippen molar-refractivity contribution in [2.45, 2.75) is 30.7 Å². The van der Waals surface area contributed by atoms with Gasteiger partial charge >= 0.3 is 5.91 Å². The molecule has 0 radical (unpaired) electrons. The molecule has 7 nitrogen and oxygen atoms in total. The first-order valence-corrected chi connectivity index (χ1v) is 10.6. The van der Waals surface area contributed by atoms with Crippen molar-refractivity contribution in [3.8, 4) is 0 Å². The monoisotopic (exact) mass is 419 g/mol. The van der Waals surface area contributed by atoms with Crippen molar-refractivity contribution in [3.63, 3.8) is 0 Å². The smallest absolute Gasteiger partial charge is 0.305 e. The van der Waals surface area contributed by atoms with Crippen LogP contribution in [0.1, 0.15) is 29.0 Å². The summed E-state index contributed by atoms with van der Waals surface area (Å²) in [5.74, 6) is -0.269. The van der Waals surface area contributed by atoms with Gasteiger partial charge in [-0.25, -0.2) is 13.1 Å². The van der Waals surface area contributed by atoms with Crippen LogP contribution in [0.2, 0.25) is 5.02 Å². The molecule has 0 saturated heterocycles. The number of sulfonamides is 1. The lowest BCUT2D eigenvalue weighted by molar-refractivity contribution is 0.0936. The lowest BCUT2D eigenvalue weighted by Gasteiger charge is -2.09. The number of aryl methyl sites for hydroxylation is 1. The molecule has 0 bridgehead atoms. The number of halogens is 1. The second-order valence-electron chi connectivity index (χ2n) is 6.70. The zero-order valence-electron chi connectivity index (χ0n) is 15.0. The molecule has 2 aromatic carbocycles. The predicted molar refractivity (Wildman–Crippen MR) is 107 cm³/mol. The molecule has 28 heavy (non-hydrogen) atoms. The van der Waals surface area contributed by atoms with Gasteiger partial charge in [-0.2, -0.15) is 0 Å². The molecular formula is C19H18ClN3O4S. The van der Waals surface area contributed by atoms with Gasteiger partial charge < -0.3 is 4.42 Å². The van der Waals surface area contributed by atoms with Gasteiger partial charge in [0.05, 0.1) is 10.6 Å². The van der Waals surface area contributed by atoms with E-state index in [1.165, 1.54) is 12.1 Å². The largest absolute Gasteiger partial charge is 0.451 e. The topological polar surface area (TPSA) is 100 Å². The Morgan fingerprint density at radius 2 is 1.86 bits per heavy atom. The molecule has 0 unspecified atom stereocenters. The first-order chi connectivity index (χ1) is 13.3. The third kappa shape index (κ3) is 3.84. The Kier molecular flexibility index (Phi) is 4.78. The molecule has 146 valence electrons. The summed E-state index contributed by atoms with van der Waals surface area (Å²) in [6.45, 7) is 1.78. The molecular weight excluding hydrogens is 402 g/mol. The van der Waals surface area contributed by atoms with Gasteiger partial charge in [0.15, 0.2) is 5.76 Å². The summed E-state index contributed by atoms with van der Waals surface area (Å²) in [4.78, 5) is 12.6. The van der Waals surface area contributed by atoms with Gasteiger partial charge in [-0.05, 0) is 62.2 Å². The summed E-state index contributed by atoms with van der Waals surface area (Å²) >= 11 is 5.99. The van der Waals surface area contributed by atoms with E-state index in [0.717, 1.165) is 18.2 Å². The highest BCUT2D eigenvalue weighted by Crippen LogP contribution is 2.28. The van der Waals surface area contributed by atoms with Crippen LogP contribution in [0.5, 0.6) is 0 Å². The number of amides is 1. The summed E-state index contributed by atoms with van der Waals surface area (Å²) in [5.41, 5.74) is 7.10. The molecule has 9 heteroatoms. The van der Waals surface area contributed by atoms with E-state index in [1.807, 2.05) is 0 Å². The van der Waals surface area contributed by atoms with Crippen LogP contribution in [-0.4, -0.2) is 20.4 Å². The van der Waals surface area contributed by atoms with E-state index in [1.54, 1.807) is 37.3 Å². The summed E-state index contributed by atoms with van der Waals surface area (Å²) < 4.78 is 32.6. The van der Waals surface area contributed by atoms with E-state index in [2.05, 4.69) is 15.6 Å². The predicted octanol–water partition coefficient (Wildman–Crippen LogP) is 3.59. The zero-order chi connectivity index (χ0) is 19.9. The van der Waals surface area contributed by atoms with Crippen molar-refractivity contribution in [2.75, 3.05) is 5.43 Å². The van der Waals surface area contributed by atoms with E-state index in [9.17, 15) is 13.2 Å². The number of furan rings is 1. The highest BCUT2D eigenvalue weighted by molar-refractivity contribution is 7.89. The molecule has 1 saturated carbocycles. The first-order valence-electron chi connectivity index (χ1n) is 8.71. The van der Waals surface area contributed by atoms with Gasteiger partial charge in [0.2, 0.25) is 10.0 Å². The van der Waals surface area contributed by atoms with E-state index in [0.29, 0.717) is 21.9 Å². The number of hydrazine groups is 1. The van der Waals surface area contributed by atoms with Crippen molar-refractivity contribution >= 4 is 44.2 Å². The molecule has 1 aliphatic carbocycles. The molecule has 0 aliphatic heterocycles. The fraction of sp³-hybridized carbons (Fsp3) is 0.211. The van der Waals surface area contributed by atoms with Crippen molar-refractivity contribution in [2.24, 2.45) is 0 Å². The molecule has 0 atom stereocenters. The zero-order valence-corrected chi connectivity index (χ0v) is 16.5. The van der Waals surface area contributed by atoms with Crippen molar-refractivity contribution < 1.29 is 17.6 Å². The molecule has 4 rings (SSSR count). The Hall–Kier alpha value is -2.55. The Balaban J connectivity index is 1.44. The lowest BCUT2D eigenvalue weighted by Crippen LogP contribution is -2.29. The molecule has 1 amide bonds. The highest BCUT2D eigenvalue weighted by atomic mass is 35.5. The minimum atomic E-state index is -3.50. The van der Waals surface area contributed by atoms with Gasteiger partial charge in [0, 0.05) is 22.0 Å². The van der Waals surface area contributed by atoms with Gasteiger partial charge in [-0.15, -0.1) is 0 Å². The maximum absolute atomic E-state index is 12.4. The fourth-order valence-corrected chi connectivity index (χ4v) is 4.28. The normalized spacial score (nSPS) is 14.2. The molecule has 0 spiro atoms. The van der Waals surface area contributed by atoms with Crippen LogP contribution >= 0.6 is 11.6 Å². The third-order valence-corrected chi connectivity index (χ3v) is 6.26. The highest BCUT2D eigenvalue weighted by Gasteiger charge is 2.27. The number of hydrogen-bond donors (Lipinski definition) is 3. The van der Waals surface area contributed by atoms with Crippen molar-refractivity contribution in [1.82, 2.24) is 10.1 Å². The minimum absolute atomic E-state index is 0.0454. The molecule has 1 fully saturated rings. The molecule has 1 aliphatic rings. The van der Waals surface area contributed by atoms with Gasteiger partial charge in [-0.1, -0.05) is 11.6 Å². The number of anilines is 1. The second-order valence-corrected chi connectivity index (χ2v) is 8.85. The van der Waals surface area contributed by atoms with Crippen LogP contribution in [0, 0.1) is 6.92 Å². The second kappa shape index (κ2) is 7.12. The van der Waals surface area contributed by atoms with E-state index in [4.69, 9.17) is 16.0 Å². The van der Waals surface area contributed by atoms with Crippen LogP contribution in [0.15, 0.2) is 51.8 Å². The number of fused-ring (bicyclic) bond motifs is 1. The number of carbonyl (C=O) groups is 1. The van der Waals surface area contributed by atoms with Crippen LogP contribution in [0.25, 0.3) is 11.0 Å². The van der Waals surface area contributed by atoms with Gasteiger partial charge in [0.1, 0.15) is 5.58 Å². The average molecular weight is 420 g/mol. The van der Waals surface area contributed by atoms with Crippen LogP contribution in [-0.2, 0) is 10.0 Å². The van der Waals surface area contributed by atoms with E-state index < -0.39 is 15.9 Å². The first kappa shape index (κ1) is 18.8. The van der Waals surface area contributed by atoms with Crippen LogP contribution in [0.4, 0.5) is 5.69 Å². The quantitative estimate of drug-likeness (QED) is 0.530. The lowest BCUT2D eigenvalue weighted by atomic mass is 10.1. The minimum Gasteiger partial charge on any atom is -0.451 e. The van der Waals surface area contributed by atoms with Gasteiger partial charge in [-0.3, -0.25) is 15.6 Å². The fourth-order valence-electron chi connectivity index (χ4n) is 2.80. The maximum Gasteiger partial charge on any atom is 0.305 e. The van der Waals surface area contributed by atoms with Gasteiger partial charge in [0.25, 0.3) is 0 Å². The van der Waals surface area contributed by atoms with Crippen LogP contribution < -0.4 is 15.6 Å². The third-order valence-electron chi connectivity index (χ3n) is 4.49. The number of rotatable bonds is 6. The van der Waals surface area contributed by atoms with Crippen molar-refractivity contribution in [3.05, 3.63) is 58.8 Å².